The van der Waals surface area contributed by atoms with Gasteiger partial charge < -0.3 is 10.4 Å². The van der Waals surface area contributed by atoms with E-state index in [-0.39, 0.29) is 5.69 Å². The number of pyridine rings is 1. The molecule has 0 aliphatic carbocycles. The molecule has 1 amide bonds. The Labute approximate surface area is 110 Å². The van der Waals surface area contributed by atoms with Crippen LogP contribution in [0.4, 0.5) is 0 Å². The number of nitrogens with zero attached hydrogens (tertiary/aromatic N) is 1. The molecule has 0 saturated heterocycles. The lowest BCUT2D eigenvalue weighted by molar-refractivity contribution is -0.138. The molecular formula is C14H14N2O3. The molecule has 2 N–H and O–H groups in total. The van der Waals surface area contributed by atoms with Gasteiger partial charge in [-0.2, -0.15) is 0 Å². The van der Waals surface area contributed by atoms with Crippen LogP contribution in [0.15, 0.2) is 30.5 Å². The average Bonchev–Trinajstić information content (AvgIpc) is 2.37. The van der Waals surface area contributed by atoms with Gasteiger partial charge in [0, 0.05) is 11.6 Å². The van der Waals surface area contributed by atoms with Crippen LogP contribution in [-0.2, 0) is 4.79 Å². The fraction of sp³-hybridized carbons (Fsp3) is 0.214. The Balaban J connectivity index is 2.42. The van der Waals surface area contributed by atoms with Crippen LogP contribution in [-0.4, -0.2) is 28.0 Å². The number of aryl methyl sites for hydroxylation is 1. The largest absolute Gasteiger partial charge is 0.480 e. The van der Waals surface area contributed by atoms with Crippen molar-refractivity contribution in [1.29, 1.82) is 0 Å². The summed E-state index contributed by atoms with van der Waals surface area (Å²) in [6.45, 7) is 3.34. The van der Waals surface area contributed by atoms with Crippen molar-refractivity contribution >= 4 is 22.6 Å². The number of aliphatic carboxylic acids is 1. The molecule has 19 heavy (non-hydrogen) atoms. The van der Waals surface area contributed by atoms with Gasteiger partial charge in [0.25, 0.3) is 5.91 Å². The first-order valence-electron chi connectivity index (χ1n) is 5.88. The Kier molecular flexibility index (Phi) is 3.46. The van der Waals surface area contributed by atoms with Gasteiger partial charge in [-0.3, -0.25) is 14.6 Å². The summed E-state index contributed by atoms with van der Waals surface area (Å²) < 4.78 is 0. The Bertz CT molecular complexity index is 652. The van der Waals surface area contributed by atoms with Gasteiger partial charge in [-0.25, -0.2) is 0 Å². The van der Waals surface area contributed by atoms with Crippen LogP contribution < -0.4 is 5.32 Å². The van der Waals surface area contributed by atoms with Crippen molar-refractivity contribution in [2.24, 2.45) is 0 Å². The minimum absolute atomic E-state index is 0.245. The number of carbonyl (C=O) groups is 2. The first kappa shape index (κ1) is 13.0. The minimum Gasteiger partial charge on any atom is -0.480 e. The fourth-order valence-electron chi connectivity index (χ4n) is 1.79. The number of hydrogen-bond donors (Lipinski definition) is 2. The normalized spacial score (nSPS) is 12.1. The molecule has 0 fully saturated rings. The summed E-state index contributed by atoms with van der Waals surface area (Å²) in [6.07, 6.45) is 1.54. The molecule has 2 aromatic rings. The van der Waals surface area contributed by atoms with Crippen LogP contribution >= 0.6 is 0 Å². The number of aromatic nitrogens is 1. The van der Waals surface area contributed by atoms with Gasteiger partial charge in [0.1, 0.15) is 11.7 Å². The van der Waals surface area contributed by atoms with E-state index in [0.717, 1.165) is 16.3 Å². The van der Waals surface area contributed by atoms with E-state index in [1.807, 2.05) is 31.2 Å². The molecule has 0 aliphatic rings. The summed E-state index contributed by atoms with van der Waals surface area (Å²) in [7, 11) is 0. The lowest BCUT2D eigenvalue weighted by Gasteiger charge is -2.10. The molecule has 0 spiro atoms. The third kappa shape index (κ3) is 2.70. The highest BCUT2D eigenvalue weighted by atomic mass is 16.4. The molecule has 0 radical (unpaired) electrons. The van der Waals surface area contributed by atoms with E-state index in [0.29, 0.717) is 0 Å². The zero-order valence-electron chi connectivity index (χ0n) is 10.7. The first-order valence-corrected chi connectivity index (χ1v) is 5.88. The molecule has 1 atom stereocenters. The quantitative estimate of drug-likeness (QED) is 0.879. The maximum absolute atomic E-state index is 12.0. The highest BCUT2D eigenvalue weighted by molar-refractivity contribution is 6.06. The van der Waals surface area contributed by atoms with Gasteiger partial charge in [-0.15, -0.1) is 0 Å². The number of rotatable bonds is 3. The number of amides is 1. The molecule has 2 rings (SSSR count). The lowest BCUT2D eigenvalue weighted by atomic mass is 10.1. The molecule has 98 valence electrons. The fourth-order valence-corrected chi connectivity index (χ4v) is 1.79. The third-order valence-electron chi connectivity index (χ3n) is 2.85. The predicted octanol–water partition coefficient (Wildman–Crippen LogP) is 1.75. The number of hydrogen-bond acceptors (Lipinski definition) is 3. The Morgan fingerprint density at radius 3 is 2.74 bits per heavy atom. The van der Waals surface area contributed by atoms with Crippen LogP contribution in [0, 0.1) is 6.92 Å². The predicted molar refractivity (Wildman–Crippen MR) is 71.0 cm³/mol. The third-order valence-corrected chi connectivity index (χ3v) is 2.85. The second-order valence-electron chi connectivity index (χ2n) is 4.42. The molecule has 1 unspecified atom stereocenters. The summed E-state index contributed by atoms with van der Waals surface area (Å²) in [5, 5.41) is 12.8. The van der Waals surface area contributed by atoms with Crippen molar-refractivity contribution < 1.29 is 14.7 Å². The monoisotopic (exact) mass is 258 g/mol. The van der Waals surface area contributed by atoms with E-state index in [9.17, 15) is 9.59 Å². The van der Waals surface area contributed by atoms with Gasteiger partial charge >= 0.3 is 5.97 Å². The molecule has 0 aliphatic heterocycles. The van der Waals surface area contributed by atoms with Crippen molar-refractivity contribution in [3.8, 4) is 0 Å². The number of carbonyl (C=O) groups excluding carboxylic acids is 1. The number of fused-ring (bicyclic) bond motifs is 1. The summed E-state index contributed by atoms with van der Waals surface area (Å²) in [5.74, 6) is -1.56. The van der Waals surface area contributed by atoms with E-state index in [1.54, 1.807) is 0 Å². The molecule has 1 aromatic carbocycles. The van der Waals surface area contributed by atoms with Crippen molar-refractivity contribution in [1.82, 2.24) is 10.3 Å². The van der Waals surface area contributed by atoms with Crippen molar-refractivity contribution in [2.75, 3.05) is 0 Å². The summed E-state index contributed by atoms with van der Waals surface area (Å²) in [4.78, 5) is 26.9. The van der Waals surface area contributed by atoms with Crippen molar-refractivity contribution in [3.05, 3.63) is 41.7 Å². The lowest BCUT2D eigenvalue weighted by Crippen LogP contribution is -2.38. The van der Waals surface area contributed by atoms with E-state index in [1.165, 1.54) is 13.1 Å². The average molecular weight is 258 g/mol. The molecule has 5 heteroatoms. The summed E-state index contributed by atoms with van der Waals surface area (Å²) in [5.41, 5.74) is 1.26. The van der Waals surface area contributed by atoms with E-state index in [4.69, 9.17) is 5.11 Å². The molecular weight excluding hydrogens is 244 g/mol. The highest BCUT2D eigenvalue weighted by Gasteiger charge is 2.18. The topological polar surface area (TPSA) is 79.3 Å². The Morgan fingerprint density at radius 2 is 2.05 bits per heavy atom. The second kappa shape index (κ2) is 5.06. The molecule has 5 nitrogen and oxygen atoms in total. The molecule has 1 aromatic heterocycles. The van der Waals surface area contributed by atoms with Crippen LogP contribution in [0.1, 0.15) is 23.0 Å². The highest BCUT2D eigenvalue weighted by Crippen LogP contribution is 2.18. The SMILES string of the molecule is Cc1ccc2ccnc(C(=O)NC(C)C(=O)O)c2c1. The van der Waals surface area contributed by atoms with Gasteiger partial charge in [0.05, 0.1) is 0 Å². The summed E-state index contributed by atoms with van der Waals surface area (Å²) >= 11 is 0. The van der Waals surface area contributed by atoms with Gasteiger partial charge in [0.2, 0.25) is 0 Å². The number of nitrogens with one attached hydrogen (secondary N) is 1. The minimum atomic E-state index is -1.08. The Morgan fingerprint density at radius 1 is 1.32 bits per heavy atom. The van der Waals surface area contributed by atoms with E-state index >= 15 is 0 Å². The standard InChI is InChI=1S/C14H14N2O3/c1-8-3-4-10-5-6-15-12(11(10)7-8)13(17)16-9(2)14(18)19/h3-7,9H,1-2H3,(H,16,17)(H,18,19). The van der Waals surface area contributed by atoms with Gasteiger partial charge in [-0.1, -0.05) is 17.7 Å². The maximum atomic E-state index is 12.0. The van der Waals surface area contributed by atoms with Crippen LogP contribution in [0.25, 0.3) is 10.8 Å². The number of carboxylic acids is 1. The van der Waals surface area contributed by atoms with Crippen molar-refractivity contribution in [3.63, 3.8) is 0 Å². The van der Waals surface area contributed by atoms with E-state index in [2.05, 4.69) is 10.3 Å². The van der Waals surface area contributed by atoms with Crippen LogP contribution in [0.2, 0.25) is 0 Å². The summed E-state index contributed by atoms with van der Waals surface area (Å²) in [6, 6.07) is 6.58. The number of carboxylic acid groups (broad SMARTS) is 1. The maximum Gasteiger partial charge on any atom is 0.325 e. The Hall–Kier alpha value is -2.43. The van der Waals surface area contributed by atoms with Gasteiger partial charge in [0.15, 0.2) is 0 Å². The first-order chi connectivity index (χ1) is 8.99. The van der Waals surface area contributed by atoms with Crippen molar-refractivity contribution in [2.45, 2.75) is 19.9 Å². The van der Waals surface area contributed by atoms with E-state index < -0.39 is 17.9 Å². The number of benzene rings is 1. The smallest absolute Gasteiger partial charge is 0.325 e. The zero-order valence-corrected chi connectivity index (χ0v) is 10.7. The molecule has 0 saturated carbocycles. The zero-order chi connectivity index (χ0) is 14.0. The molecule has 1 heterocycles. The van der Waals surface area contributed by atoms with Crippen LogP contribution in [0.3, 0.4) is 0 Å². The second-order valence-corrected chi connectivity index (χ2v) is 4.42. The van der Waals surface area contributed by atoms with Crippen LogP contribution in [0.5, 0.6) is 0 Å². The molecule has 0 bridgehead atoms. The van der Waals surface area contributed by atoms with Gasteiger partial charge in [-0.05, 0) is 31.4 Å².